The van der Waals surface area contributed by atoms with E-state index in [2.05, 4.69) is 47.3 Å². The SMILES string of the molecule is CC(C)c1c(N)ncnc1Nc1cccc2c1CCCC2. The molecule has 1 aromatic carbocycles. The monoisotopic (exact) mass is 282 g/mol. The van der Waals surface area contributed by atoms with Crippen molar-refractivity contribution in [3.8, 4) is 0 Å². The molecule has 0 aliphatic heterocycles. The first-order valence-electron chi connectivity index (χ1n) is 7.65. The van der Waals surface area contributed by atoms with Crippen LogP contribution >= 0.6 is 0 Å². The van der Waals surface area contributed by atoms with Gasteiger partial charge in [-0.2, -0.15) is 0 Å². The van der Waals surface area contributed by atoms with Crippen LogP contribution in [0.4, 0.5) is 17.3 Å². The zero-order chi connectivity index (χ0) is 14.8. The van der Waals surface area contributed by atoms with Crippen molar-refractivity contribution in [3.05, 3.63) is 41.2 Å². The molecule has 0 saturated heterocycles. The highest BCUT2D eigenvalue weighted by atomic mass is 15.0. The third-order valence-electron chi connectivity index (χ3n) is 4.14. The average Bonchev–Trinajstić information content (AvgIpc) is 2.47. The Bertz CT molecular complexity index is 649. The van der Waals surface area contributed by atoms with Crippen LogP contribution in [0.15, 0.2) is 24.5 Å². The van der Waals surface area contributed by atoms with Crippen LogP contribution in [0.5, 0.6) is 0 Å². The van der Waals surface area contributed by atoms with Gasteiger partial charge in [0.1, 0.15) is 18.0 Å². The number of rotatable bonds is 3. The fraction of sp³-hybridized carbons (Fsp3) is 0.412. The van der Waals surface area contributed by atoms with E-state index >= 15 is 0 Å². The minimum Gasteiger partial charge on any atom is -0.383 e. The normalized spacial score (nSPS) is 14.0. The van der Waals surface area contributed by atoms with Gasteiger partial charge in [-0.25, -0.2) is 9.97 Å². The third kappa shape index (κ3) is 2.71. The molecule has 21 heavy (non-hydrogen) atoms. The highest BCUT2D eigenvalue weighted by molar-refractivity contribution is 5.68. The van der Waals surface area contributed by atoms with E-state index in [1.807, 2.05) is 0 Å². The van der Waals surface area contributed by atoms with Crippen LogP contribution in [0.3, 0.4) is 0 Å². The molecule has 1 aliphatic rings. The molecule has 1 heterocycles. The second-order valence-corrected chi connectivity index (χ2v) is 5.95. The van der Waals surface area contributed by atoms with Crippen LogP contribution in [-0.2, 0) is 12.8 Å². The first kappa shape index (κ1) is 13.9. The topological polar surface area (TPSA) is 63.8 Å². The van der Waals surface area contributed by atoms with Gasteiger partial charge in [0, 0.05) is 11.3 Å². The standard InChI is InChI=1S/C17H22N4/c1-11(2)15-16(18)19-10-20-17(15)21-14-9-5-7-12-6-3-4-8-13(12)14/h5,7,9-11H,3-4,6,8H2,1-2H3,(H3,18,19,20,21). The van der Waals surface area contributed by atoms with Crippen molar-refractivity contribution in [1.82, 2.24) is 9.97 Å². The van der Waals surface area contributed by atoms with Crippen molar-refractivity contribution in [2.24, 2.45) is 0 Å². The van der Waals surface area contributed by atoms with E-state index in [0.29, 0.717) is 5.82 Å². The molecule has 0 radical (unpaired) electrons. The maximum absolute atomic E-state index is 6.02. The van der Waals surface area contributed by atoms with Crippen LogP contribution in [0.1, 0.15) is 49.3 Å². The lowest BCUT2D eigenvalue weighted by Crippen LogP contribution is -2.10. The molecule has 0 saturated carbocycles. The number of aryl methyl sites for hydroxylation is 1. The maximum atomic E-state index is 6.02. The van der Waals surface area contributed by atoms with E-state index in [1.165, 1.54) is 36.7 Å². The van der Waals surface area contributed by atoms with Gasteiger partial charge in [-0.3, -0.25) is 0 Å². The van der Waals surface area contributed by atoms with E-state index in [-0.39, 0.29) is 5.92 Å². The number of fused-ring (bicyclic) bond motifs is 1. The van der Waals surface area contributed by atoms with Crippen molar-refractivity contribution in [1.29, 1.82) is 0 Å². The van der Waals surface area contributed by atoms with Gasteiger partial charge in [-0.15, -0.1) is 0 Å². The predicted octanol–water partition coefficient (Wildman–Crippen LogP) is 3.80. The number of benzene rings is 1. The number of hydrogen-bond donors (Lipinski definition) is 2. The molecule has 0 spiro atoms. The van der Waals surface area contributed by atoms with Gasteiger partial charge in [0.05, 0.1) is 0 Å². The van der Waals surface area contributed by atoms with E-state index < -0.39 is 0 Å². The summed E-state index contributed by atoms with van der Waals surface area (Å²) in [5.41, 5.74) is 11.1. The Morgan fingerprint density at radius 2 is 1.95 bits per heavy atom. The Kier molecular flexibility index (Phi) is 3.78. The van der Waals surface area contributed by atoms with Gasteiger partial charge < -0.3 is 11.1 Å². The zero-order valence-corrected chi connectivity index (χ0v) is 12.7. The van der Waals surface area contributed by atoms with Gasteiger partial charge in [0.2, 0.25) is 0 Å². The van der Waals surface area contributed by atoms with E-state index in [0.717, 1.165) is 23.5 Å². The number of anilines is 3. The number of nitrogens with zero attached hydrogens (tertiary/aromatic N) is 2. The Morgan fingerprint density at radius 1 is 1.14 bits per heavy atom. The van der Waals surface area contributed by atoms with Crippen LogP contribution in [-0.4, -0.2) is 9.97 Å². The van der Waals surface area contributed by atoms with Crippen molar-refractivity contribution < 1.29 is 0 Å². The lowest BCUT2D eigenvalue weighted by atomic mass is 9.90. The zero-order valence-electron chi connectivity index (χ0n) is 12.7. The molecule has 3 N–H and O–H groups in total. The molecule has 0 fully saturated rings. The molecule has 2 aromatic rings. The molecule has 3 rings (SSSR count). The first-order chi connectivity index (χ1) is 10.2. The van der Waals surface area contributed by atoms with E-state index in [1.54, 1.807) is 0 Å². The minimum absolute atomic E-state index is 0.285. The molecular formula is C17H22N4. The van der Waals surface area contributed by atoms with Gasteiger partial charge >= 0.3 is 0 Å². The number of nitrogens with two attached hydrogens (primary N) is 1. The highest BCUT2D eigenvalue weighted by Crippen LogP contribution is 2.33. The molecule has 0 unspecified atom stereocenters. The fourth-order valence-corrected chi connectivity index (χ4v) is 3.10. The summed E-state index contributed by atoms with van der Waals surface area (Å²) in [7, 11) is 0. The van der Waals surface area contributed by atoms with Crippen molar-refractivity contribution in [3.63, 3.8) is 0 Å². The largest absolute Gasteiger partial charge is 0.383 e. The Morgan fingerprint density at radius 3 is 2.76 bits per heavy atom. The van der Waals surface area contributed by atoms with Crippen LogP contribution < -0.4 is 11.1 Å². The van der Waals surface area contributed by atoms with Crippen LogP contribution in [0.2, 0.25) is 0 Å². The molecule has 4 heteroatoms. The molecule has 0 bridgehead atoms. The van der Waals surface area contributed by atoms with Crippen molar-refractivity contribution >= 4 is 17.3 Å². The molecule has 0 amide bonds. The number of aromatic nitrogens is 2. The number of nitrogens with one attached hydrogen (secondary N) is 1. The Balaban J connectivity index is 2.00. The quantitative estimate of drug-likeness (QED) is 0.898. The second-order valence-electron chi connectivity index (χ2n) is 5.95. The lowest BCUT2D eigenvalue weighted by Gasteiger charge is -2.21. The Labute approximate surface area is 125 Å². The third-order valence-corrected chi connectivity index (χ3v) is 4.14. The summed E-state index contributed by atoms with van der Waals surface area (Å²) in [6, 6.07) is 6.48. The van der Waals surface area contributed by atoms with Gasteiger partial charge in [-0.1, -0.05) is 26.0 Å². The van der Waals surface area contributed by atoms with Crippen LogP contribution in [0, 0.1) is 0 Å². The fourth-order valence-electron chi connectivity index (χ4n) is 3.10. The van der Waals surface area contributed by atoms with E-state index in [4.69, 9.17) is 5.73 Å². The summed E-state index contributed by atoms with van der Waals surface area (Å²) in [6.45, 7) is 4.22. The van der Waals surface area contributed by atoms with Gasteiger partial charge in [-0.05, 0) is 48.8 Å². The van der Waals surface area contributed by atoms with Crippen LogP contribution in [0.25, 0.3) is 0 Å². The maximum Gasteiger partial charge on any atom is 0.139 e. The molecular weight excluding hydrogens is 260 g/mol. The molecule has 0 atom stereocenters. The van der Waals surface area contributed by atoms with E-state index in [9.17, 15) is 0 Å². The lowest BCUT2D eigenvalue weighted by molar-refractivity contribution is 0.687. The number of nitrogen functional groups attached to an aromatic ring is 1. The summed E-state index contributed by atoms with van der Waals surface area (Å²) in [5.74, 6) is 1.68. The average molecular weight is 282 g/mol. The minimum atomic E-state index is 0.285. The molecule has 1 aliphatic carbocycles. The predicted molar refractivity (Wildman–Crippen MR) is 86.9 cm³/mol. The second kappa shape index (κ2) is 5.72. The van der Waals surface area contributed by atoms with Crippen molar-refractivity contribution in [2.75, 3.05) is 11.1 Å². The molecule has 1 aromatic heterocycles. The molecule has 110 valence electrons. The number of hydrogen-bond acceptors (Lipinski definition) is 4. The summed E-state index contributed by atoms with van der Waals surface area (Å²) in [5, 5.41) is 3.49. The summed E-state index contributed by atoms with van der Waals surface area (Å²) < 4.78 is 0. The molecule has 4 nitrogen and oxygen atoms in total. The summed E-state index contributed by atoms with van der Waals surface area (Å²) in [4.78, 5) is 8.52. The summed E-state index contributed by atoms with van der Waals surface area (Å²) >= 11 is 0. The highest BCUT2D eigenvalue weighted by Gasteiger charge is 2.17. The van der Waals surface area contributed by atoms with Crippen molar-refractivity contribution in [2.45, 2.75) is 45.4 Å². The Hall–Kier alpha value is -2.10. The first-order valence-corrected chi connectivity index (χ1v) is 7.65. The smallest absolute Gasteiger partial charge is 0.139 e. The summed E-state index contributed by atoms with van der Waals surface area (Å²) in [6.07, 6.45) is 6.38. The van der Waals surface area contributed by atoms with Gasteiger partial charge in [0.15, 0.2) is 0 Å². The van der Waals surface area contributed by atoms with Gasteiger partial charge in [0.25, 0.3) is 0 Å².